The molecule has 0 radical (unpaired) electrons. The Kier molecular flexibility index (Phi) is 4.92. The van der Waals surface area contributed by atoms with E-state index in [4.69, 9.17) is 4.74 Å². The van der Waals surface area contributed by atoms with E-state index in [2.05, 4.69) is 20.4 Å². The van der Waals surface area contributed by atoms with Crippen molar-refractivity contribution >= 4 is 5.82 Å². The number of aromatic hydroxyl groups is 1. The second-order valence-corrected chi connectivity index (χ2v) is 5.75. The normalized spacial score (nSPS) is 18.0. The average Bonchev–Trinajstić information content (AvgIpc) is 2.61. The van der Waals surface area contributed by atoms with Crippen LogP contribution in [0.2, 0.25) is 0 Å². The number of phenolic OH excluding ortho intramolecular Hbond substituents is 1. The Bertz CT molecular complexity index is 636. The van der Waals surface area contributed by atoms with Crippen LogP contribution >= 0.6 is 0 Å². The molecule has 1 atom stereocenters. The maximum atomic E-state index is 9.84. The van der Waals surface area contributed by atoms with Gasteiger partial charge in [-0.15, -0.1) is 5.10 Å². The highest BCUT2D eigenvalue weighted by Crippen LogP contribution is 2.26. The summed E-state index contributed by atoms with van der Waals surface area (Å²) >= 11 is 0. The minimum absolute atomic E-state index is 0.177. The summed E-state index contributed by atoms with van der Waals surface area (Å²) in [5, 5.41) is 21.5. The van der Waals surface area contributed by atoms with Gasteiger partial charge in [-0.3, -0.25) is 0 Å². The quantitative estimate of drug-likeness (QED) is 0.879. The van der Waals surface area contributed by atoms with Crippen LogP contribution in [0.1, 0.15) is 18.4 Å². The molecule has 1 saturated heterocycles. The van der Waals surface area contributed by atoms with E-state index in [0.29, 0.717) is 11.8 Å². The second kappa shape index (κ2) is 7.28. The van der Waals surface area contributed by atoms with Gasteiger partial charge in [0, 0.05) is 31.9 Å². The van der Waals surface area contributed by atoms with Gasteiger partial charge in [-0.05, 0) is 42.7 Å². The first-order valence-electron chi connectivity index (χ1n) is 7.88. The summed E-state index contributed by atoms with van der Waals surface area (Å²) in [5.74, 6) is 1.61. The van der Waals surface area contributed by atoms with Crippen LogP contribution in [0.25, 0.3) is 0 Å². The number of ether oxygens (including phenoxy) is 1. The molecule has 0 amide bonds. The highest BCUT2D eigenvalue weighted by Gasteiger charge is 2.20. The lowest BCUT2D eigenvalue weighted by atomic mass is 10.1. The molecule has 1 aliphatic rings. The van der Waals surface area contributed by atoms with E-state index in [1.54, 1.807) is 25.4 Å². The minimum Gasteiger partial charge on any atom is -0.504 e. The van der Waals surface area contributed by atoms with E-state index in [-0.39, 0.29) is 5.75 Å². The van der Waals surface area contributed by atoms with Gasteiger partial charge in [0.15, 0.2) is 17.3 Å². The number of hydrogen-bond donors (Lipinski definition) is 2. The number of phenols is 1. The van der Waals surface area contributed by atoms with Crippen molar-refractivity contribution in [1.29, 1.82) is 0 Å². The molecule has 0 spiro atoms. The summed E-state index contributed by atoms with van der Waals surface area (Å²) in [6, 6.07) is 9.81. The van der Waals surface area contributed by atoms with Crippen LogP contribution < -0.4 is 15.0 Å². The lowest BCUT2D eigenvalue weighted by Crippen LogP contribution is -2.45. The molecule has 122 valence electrons. The third kappa shape index (κ3) is 3.90. The fourth-order valence-corrected chi connectivity index (χ4v) is 2.92. The number of benzene rings is 1. The molecular weight excluding hydrogens is 292 g/mol. The van der Waals surface area contributed by atoms with Gasteiger partial charge in [0.1, 0.15) is 0 Å². The molecule has 1 fully saturated rings. The molecule has 1 aromatic heterocycles. The van der Waals surface area contributed by atoms with Crippen molar-refractivity contribution in [1.82, 2.24) is 15.5 Å². The van der Waals surface area contributed by atoms with Gasteiger partial charge in [-0.25, -0.2) is 0 Å². The summed E-state index contributed by atoms with van der Waals surface area (Å²) in [5.41, 5.74) is 1.04. The number of hydrogen-bond acceptors (Lipinski definition) is 6. The van der Waals surface area contributed by atoms with Crippen LogP contribution in [0.3, 0.4) is 0 Å². The first-order valence-corrected chi connectivity index (χ1v) is 7.88. The number of aromatic nitrogens is 2. The van der Waals surface area contributed by atoms with Gasteiger partial charge in [-0.2, -0.15) is 5.10 Å². The first kappa shape index (κ1) is 15.6. The van der Waals surface area contributed by atoms with Crippen LogP contribution in [-0.2, 0) is 6.54 Å². The highest BCUT2D eigenvalue weighted by atomic mass is 16.5. The Labute approximate surface area is 136 Å². The molecule has 6 heteroatoms. The number of nitrogens with one attached hydrogen (secondary N) is 1. The van der Waals surface area contributed by atoms with Crippen LogP contribution in [0.4, 0.5) is 5.82 Å². The van der Waals surface area contributed by atoms with Crippen molar-refractivity contribution in [3.63, 3.8) is 0 Å². The molecule has 0 bridgehead atoms. The third-order valence-electron chi connectivity index (χ3n) is 4.14. The maximum absolute atomic E-state index is 9.84. The maximum Gasteiger partial charge on any atom is 0.160 e. The van der Waals surface area contributed by atoms with E-state index in [9.17, 15) is 5.11 Å². The van der Waals surface area contributed by atoms with E-state index in [1.807, 2.05) is 18.2 Å². The monoisotopic (exact) mass is 314 g/mol. The molecule has 1 aliphatic heterocycles. The first-order chi connectivity index (χ1) is 11.3. The number of methoxy groups -OCH3 is 1. The summed E-state index contributed by atoms with van der Waals surface area (Å²) in [6.07, 6.45) is 3.96. The smallest absolute Gasteiger partial charge is 0.160 e. The Hall–Kier alpha value is -2.34. The lowest BCUT2D eigenvalue weighted by Gasteiger charge is -2.33. The highest BCUT2D eigenvalue weighted by molar-refractivity contribution is 5.41. The molecule has 1 aromatic carbocycles. The fraction of sp³-hybridized carbons (Fsp3) is 0.412. The van der Waals surface area contributed by atoms with E-state index in [0.717, 1.165) is 43.9 Å². The SMILES string of the molecule is COc1ccc(CNC2CCCN(c3cccnn3)C2)cc1O. The van der Waals surface area contributed by atoms with Gasteiger partial charge in [0.25, 0.3) is 0 Å². The molecule has 6 nitrogen and oxygen atoms in total. The Morgan fingerprint density at radius 3 is 3.04 bits per heavy atom. The standard InChI is InChI=1S/C17H22N4O2/c1-23-16-7-6-13(10-15(16)22)11-18-14-4-3-9-21(12-14)17-5-2-8-19-20-17/h2,5-8,10,14,18,22H,3-4,9,11-12H2,1H3. The molecule has 2 aromatic rings. The second-order valence-electron chi connectivity index (χ2n) is 5.75. The average molecular weight is 314 g/mol. The van der Waals surface area contributed by atoms with Gasteiger partial charge in [0.2, 0.25) is 0 Å². The van der Waals surface area contributed by atoms with Gasteiger partial charge < -0.3 is 20.1 Å². The van der Waals surface area contributed by atoms with E-state index in [1.165, 1.54) is 0 Å². The molecule has 23 heavy (non-hydrogen) atoms. The Morgan fingerprint density at radius 1 is 1.39 bits per heavy atom. The molecular formula is C17H22N4O2. The number of nitrogens with zero attached hydrogens (tertiary/aromatic N) is 3. The molecule has 2 N–H and O–H groups in total. The zero-order valence-electron chi connectivity index (χ0n) is 13.3. The van der Waals surface area contributed by atoms with Crippen molar-refractivity contribution < 1.29 is 9.84 Å². The van der Waals surface area contributed by atoms with Crippen molar-refractivity contribution in [2.75, 3.05) is 25.1 Å². The predicted octanol–water partition coefficient (Wildman–Crippen LogP) is 1.95. The zero-order valence-corrected chi connectivity index (χ0v) is 13.3. The van der Waals surface area contributed by atoms with Crippen LogP contribution in [-0.4, -0.2) is 41.5 Å². The largest absolute Gasteiger partial charge is 0.504 e. The van der Waals surface area contributed by atoms with Crippen molar-refractivity contribution in [3.8, 4) is 11.5 Å². The van der Waals surface area contributed by atoms with Crippen molar-refractivity contribution in [2.24, 2.45) is 0 Å². The molecule has 0 saturated carbocycles. The Morgan fingerprint density at radius 2 is 2.30 bits per heavy atom. The summed E-state index contributed by atoms with van der Waals surface area (Å²) in [6.45, 7) is 2.65. The molecule has 3 rings (SSSR count). The molecule has 2 heterocycles. The number of rotatable bonds is 5. The van der Waals surface area contributed by atoms with E-state index < -0.39 is 0 Å². The predicted molar refractivity (Wildman–Crippen MR) is 88.8 cm³/mol. The zero-order chi connectivity index (χ0) is 16.1. The van der Waals surface area contributed by atoms with Gasteiger partial charge in [-0.1, -0.05) is 6.07 Å². The summed E-state index contributed by atoms with van der Waals surface area (Å²) in [4.78, 5) is 2.26. The number of anilines is 1. The summed E-state index contributed by atoms with van der Waals surface area (Å²) < 4.78 is 5.07. The van der Waals surface area contributed by atoms with Crippen molar-refractivity contribution in [2.45, 2.75) is 25.4 Å². The van der Waals surface area contributed by atoms with Gasteiger partial charge >= 0.3 is 0 Å². The lowest BCUT2D eigenvalue weighted by molar-refractivity contribution is 0.372. The van der Waals surface area contributed by atoms with E-state index >= 15 is 0 Å². The topological polar surface area (TPSA) is 70.5 Å². The summed E-state index contributed by atoms with van der Waals surface area (Å²) in [7, 11) is 1.55. The molecule has 1 unspecified atom stereocenters. The fourth-order valence-electron chi connectivity index (χ4n) is 2.92. The minimum atomic E-state index is 0.177. The van der Waals surface area contributed by atoms with Crippen LogP contribution in [0, 0.1) is 0 Å². The van der Waals surface area contributed by atoms with Crippen LogP contribution in [0.15, 0.2) is 36.5 Å². The molecule has 0 aliphatic carbocycles. The number of piperidine rings is 1. The van der Waals surface area contributed by atoms with Gasteiger partial charge in [0.05, 0.1) is 7.11 Å². The van der Waals surface area contributed by atoms with Crippen LogP contribution in [0.5, 0.6) is 11.5 Å². The van der Waals surface area contributed by atoms with Crippen molar-refractivity contribution in [3.05, 3.63) is 42.1 Å². The Balaban J connectivity index is 1.57. The third-order valence-corrected chi connectivity index (χ3v) is 4.14.